The molecule has 0 aliphatic carbocycles. The van der Waals surface area contributed by atoms with Gasteiger partial charge in [-0.1, -0.05) is 29.2 Å². The van der Waals surface area contributed by atoms with Crippen molar-refractivity contribution in [1.29, 1.82) is 0 Å². The minimum Gasteiger partial charge on any atom is -0.330 e. The van der Waals surface area contributed by atoms with Gasteiger partial charge in [-0.3, -0.25) is 4.79 Å². The Morgan fingerprint density at radius 1 is 1.12 bits per heavy atom. The Morgan fingerprint density at radius 2 is 1.88 bits per heavy atom. The number of nitrogens with zero attached hydrogens (tertiary/aromatic N) is 2. The Balaban J connectivity index is 1.64. The molecule has 1 N–H and O–H groups in total. The van der Waals surface area contributed by atoms with Gasteiger partial charge in [0.05, 0.1) is 5.25 Å². The number of hydrogen-bond acceptors (Lipinski definition) is 6. The fourth-order valence-corrected chi connectivity index (χ4v) is 4.04. The minimum absolute atomic E-state index is 0.111. The van der Waals surface area contributed by atoms with Crippen molar-refractivity contribution < 1.29 is 13.6 Å². The topological polar surface area (TPSA) is 54.9 Å². The number of rotatable bonds is 6. The van der Waals surface area contributed by atoms with Crippen LogP contribution in [0, 0.1) is 11.6 Å². The standard InChI is InChI=1S/C17H13F2N3OS2/c1-10(15(23)11-5-7-12(18)8-6-11)24-17-22-21-16(25-17)20-14-4-2-3-13(19)9-14/h2-10H,1H3,(H,20,21)/t10-/m1/s1. The Hall–Kier alpha value is -2.32. The highest BCUT2D eigenvalue weighted by Gasteiger charge is 2.19. The van der Waals surface area contributed by atoms with Crippen molar-refractivity contribution in [2.24, 2.45) is 0 Å². The molecule has 0 radical (unpaired) electrons. The average molecular weight is 377 g/mol. The molecule has 3 rings (SSSR count). The highest BCUT2D eigenvalue weighted by atomic mass is 32.2. The second-order valence-corrected chi connectivity index (χ2v) is 7.71. The van der Waals surface area contributed by atoms with Crippen LogP contribution < -0.4 is 5.32 Å². The van der Waals surface area contributed by atoms with Gasteiger partial charge >= 0.3 is 0 Å². The first-order valence-corrected chi connectivity index (χ1v) is 9.03. The quantitative estimate of drug-likeness (QED) is 0.488. The molecule has 0 saturated carbocycles. The molecular formula is C17H13F2N3OS2. The van der Waals surface area contributed by atoms with Crippen LogP contribution in [0.3, 0.4) is 0 Å². The van der Waals surface area contributed by atoms with E-state index in [4.69, 9.17) is 0 Å². The van der Waals surface area contributed by atoms with Gasteiger partial charge in [-0.25, -0.2) is 8.78 Å². The molecule has 1 aromatic heterocycles. The van der Waals surface area contributed by atoms with E-state index < -0.39 is 0 Å². The smallest absolute Gasteiger partial charge is 0.210 e. The van der Waals surface area contributed by atoms with Crippen LogP contribution in [0.15, 0.2) is 52.9 Å². The average Bonchev–Trinajstić information content (AvgIpc) is 3.01. The maximum absolute atomic E-state index is 13.2. The van der Waals surface area contributed by atoms with E-state index in [9.17, 15) is 13.6 Å². The third-order valence-corrected chi connectivity index (χ3v) is 5.28. The lowest BCUT2D eigenvalue weighted by Crippen LogP contribution is -2.13. The molecule has 0 aliphatic heterocycles. The summed E-state index contributed by atoms with van der Waals surface area (Å²) in [5.41, 5.74) is 1.02. The van der Waals surface area contributed by atoms with Gasteiger partial charge in [0, 0.05) is 11.3 Å². The summed E-state index contributed by atoms with van der Waals surface area (Å²) in [6.07, 6.45) is 0. The van der Waals surface area contributed by atoms with Crippen molar-refractivity contribution in [2.45, 2.75) is 16.5 Å². The maximum Gasteiger partial charge on any atom is 0.210 e. The van der Waals surface area contributed by atoms with Crippen molar-refractivity contribution in [3.63, 3.8) is 0 Å². The maximum atomic E-state index is 13.2. The number of thioether (sulfide) groups is 1. The largest absolute Gasteiger partial charge is 0.330 e. The summed E-state index contributed by atoms with van der Waals surface area (Å²) in [6, 6.07) is 11.5. The number of anilines is 2. The van der Waals surface area contributed by atoms with Crippen molar-refractivity contribution in [3.05, 3.63) is 65.7 Å². The van der Waals surface area contributed by atoms with Crippen molar-refractivity contribution >= 4 is 39.7 Å². The number of ketones is 1. The minimum atomic E-state index is -0.388. The van der Waals surface area contributed by atoms with Crippen LogP contribution in [-0.4, -0.2) is 21.2 Å². The Labute approximate surface area is 151 Å². The van der Waals surface area contributed by atoms with Gasteiger partial charge in [-0.15, -0.1) is 10.2 Å². The van der Waals surface area contributed by atoms with Gasteiger partial charge in [-0.05, 0) is 49.4 Å². The van der Waals surface area contributed by atoms with E-state index in [2.05, 4.69) is 15.5 Å². The second-order valence-electron chi connectivity index (χ2n) is 5.14. The number of halogens is 2. The Bertz CT molecular complexity index is 884. The zero-order chi connectivity index (χ0) is 17.8. The summed E-state index contributed by atoms with van der Waals surface area (Å²) in [4.78, 5) is 12.4. The van der Waals surface area contributed by atoms with Crippen molar-refractivity contribution in [3.8, 4) is 0 Å². The van der Waals surface area contributed by atoms with E-state index >= 15 is 0 Å². The third-order valence-electron chi connectivity index (χ3n) is 3.26. The second kappa shape index (κ2) is 7.71. The predicted octanol–water partition coefficient (Wildman–Crippen LogP) is 4.92. The molecule has 0 spiro atoms. The van der Waals surface area contributed by atoms with Crippen LogP contribution in [0.5, 0.6) is 0 Å². The zero-order valence-corrected chi connectivity index (χ0v) is 14.7. The van der Waals surface area contributed by atoms with Crippen molar-refractivity contribution in [2.75, 3.05) is 5.32 Å². The fraction of sp³-hybridized carbons (Fsp3) is 0.118. The van der Waals surface area contributed by atoms with E-state index in [0.29, 0.717) is 20.7 Å². The lowest BCUT2D eigenvalue weighted by Gasteiger charge is -2.07. The van der Waals surface area contributed by atoms with Gasteiger partial charge in [0.2, 0.25) is 5.13 Å². The third kappa shape index (κ3) is 4.61. The summed E-state index contributed by atoms with van der Waals surface area (Å²) >= 11 is 2.54. The molecule has 0 amide bonds. The molecule has 8 heteroatoms. The van der Waals surface area contributed by atoms with E-state index in [1.165, 1.54) is 59.5 Å². The molecule has 0 fully saturated rings. The zero-order valence-electron chi connectivity index (χ0n) is 13.1. The van der Waals surface area contributed by atoms with Crippen molar-refractivity contribution in [1.82, 2.24) is 10.2 Å². The molecule has 1 atom stereocenters. The van der Waals surface area contributed by atoms with E-state index in [0.717, 1.165) is 0 Å². The fourth-order valence-electron chi connectivity index (χ4n) is 2.05. The van der Waals surface area contributed by atoms with Crippen LogP contribution in [-0.2, 0) is 0 Å². The van der Waals surface area contributed by atoms with Gasteiger partial charge in [0.1, 0.15) is 11.6 Å². The SMILES string of the molecule is C[C@@H](Sc1nnc(Nc2cccc(F)c2)s1)C(=O)c1ccc(F)cc1. The van der Waals surface area contributed by atoms with Crippen LogP contribution in [0.2, 0.25) is 0 Å². The number of hydrogen-bond donors (Lipinski definition) is 1. The summed E-state index contributed by atoms with van der Waals surface area (Å²) < 4.78 is 26.7. The van der Waals surface area contributed by atoms with Gasteiger partial charge < -0.3 is 5.32 Å². The molecule has 0 bridgehead atoms. The monoisotopic (exact) mass is 377 g/mol. The molecule has 0 aliphatic rings. The number of Topliss-reactive ketones (excluding diaryl/α,β-unsaturated/α-hetero) is 1. The number of aromatic nitrogens is 2. The van der Waals surface area contributed by atoms with Crippen LogP contribution >= 0.6 is 23.1 Å². The number of carbonyl (C=O) groups excluding carboxylic acids is 1. The van der Waals surface area contributed by atoms with Gasteiger partial charge in [-0.2, -0.15) is 0 Å². The number of carbonyl (C=O) groups is 1. The Kier molecular flexibility index (Phi) is 5.40. The lowest BCUT2D eigenvalue weighted by atomic mass is 10.1. The highest BCUT2D eigenvalue weighted by molar-refractivity contribution is 8.02. The summed E-state index contributed by atoms with van der Waals surface area (Å²) in [5, 5.41) is 11.1. The molecule has 128 valence electrons. The molecular weight excluding hydrogens is 364 g/mol. The first-order valence-electron chi connectivity index (χ1n) is 7.34. The summed E-state index contributed by atoms with van der Waals surface area (Å²) in [7, 11) is 0. The first kappa shape index (κ1) is 17.5. The molecule has 3 aromatic rings. The first-order chi connectivity index (χ1) is 12.0. The molecule has 0 saturated heterocycles. The van der Waals surface area contributed by atoms with E-state index in [1.54, 1.807) is 19.1 Å². The summed E-state index contributed by atoms with van der Waals surface area (Å²) in [5.74, 6) is -0.837. The molecule has 25 heavy (non-hydrogen) atoms. The van der Waals surface area contributed by atoms with Crippen LogP contribution in [0.4, 0.5) is 19.6 Å². The Morgan fingerprint density at radius 3 is 2.60 bits per heavy atom. The van der Waals surface area contributed by atoms with Crippen LogP contribution in [0.1, 0.15) is 17.3 Å². The van der Waals surface area contributed by atoms with Gasteiger partial charge in [0.15, 0.2) is 10.1 Å². The van der Waals surface area contributed by atoms with Crippen LogP contribution in [0.25, 0.3) is 0 Å². The molecule has 0 unspecified atom stereocenters. The predicted molar refractivity (Wildman–Crippen MR) is 95.6 cm³/mol. The number of nitrogens with one attached hydrogen (secondary N) is 1. The highest BCUT2D eigenvalue weighted by Crippen LogP contribution is 2.31. The molecule has 2 aromatic carbocycles. The summed E-state index contributed by atoms with van der Waals surface area (Å²) in [6.45, 7) is 1.76. The number of benzene rings is 2. The molecule has 1 heterocycles. The van der Waals surface area contributed by atoms with Gasteiger partial charge in [0.25, 0.3) is 0 Å². The molecule has 4 nitrogen and oxygen atoms in total. The van der Waals surface area contributed by atoms with E-state index in [-0.39, 0.29) is 22.7 Å². The lowest BCUT2D eigenvalue weighted by molar-refractivity contribution is 0.0994. The normalized spacial score (nSPS) is 12.0. The van der Waals surface area contributed by atoms with E-state index in [1.807, 2.05) is 0 Å².